The molecule has 4 nitrogen and oxygen atoms in total. The zero-order valence-electron chi connectivity index (χ0n) is 11.4. The van der Waals surface area contributed by atoms with Gasteiger partial charge in [0.15, 0.2) is 0 Å². The third kappa shape index (κ3) is 4.34. The van der Waals surface area contributed by atoms with E-state index in [9.17, 15) is 8.42 Å². The first-order valence-electron chi connectivity index (χ1n) is 6.32. The molecule has 0 saturated carbocycles. The zero-order valence-corrected chi connectivity index (χ0v) is 13.9. The second-order valence-corrected chi connectivity index (χ2v) is 7.68. The van der Waals surface area contributed by atoms with Crippen molar-refractivity contribution < 1.29 is 8.42 Å². The number of thiocarbonyl (C=S) groups is 1. The van der Waals surface area contributed by atoms with E-state index in [1.807, 2.05) is 23.8 Å². The van der Waals surface area contributed by atoms with Crippen LogP contribution in [0, 0.1) is 0 Å². The van der Waals surface area contributed by atoms with Crippen LogP contribution in [0.2, 0.25) is 0 Å². The Morgan fingerprint density at radius 2 is 2.00 bits per heavy atom. The molecule has 0 bridgehead atoms. The maximum atomic E-state index is 12.3. The van der Waals surface area contributed by atoms with Crippen LogP contribution in [0.25, 0.3) is 0 Å². The lowest BCUT2D eigenvalue weighted by atomic mass is 10.1. The number of hydrogen-bond acceptors (Lipinski definition) is 4. The van der Waals surface area contributed by atoms with Gasteiger partial charge in [0.25, 0.3) is 0 Å². The molecule has 1 heterocycles. The van der Waals surface area contributed by atoms with Gasteiger partial charge in [-0.25, -0.2) is 13.1 Å². The van der Waals surface area contributed by atoms with Gasteiger partial charge in [0, 0.05) is 11.6 Å². The average Bonchev–Trinajstić information content (AvgIpc) is 2.90. The Morgan fingerprint density at radius 3 is 2.52 bits per heavy atom. The van der Waals surface area contributed by atoms with Gasteiger partial charge in [-0.05, 0) is 47.9 Å². The number of hydrogen-bond donors (Lipinski definition) is 2. The maximum Gasteiger partial charge on any atom is 0.240 e. The van der Waals surface area contributed by atoms with Gasteiger partial charge in [0.1, 0.15) is 4.99 Å². The molecule has 0 aliphatic heterocycles. The van der Waals surface area contributed by atoms with Gasteiger partial charge >= 0.3 is 0 Å². The molecule has 0 saturated heterocycles. The van der Waals surface area contributed by atoms with E-state index in [1.165, 1.54) is 12.1 Å². The molecule has 21 heavy (non-hydrogen) atoms. The standard InChI is InChI=1S/C14H16N2O2S3/c1-10(8-11-6-7-20-9-11)16-21(17,18)13-4-2-12(3-5-13)14(15)19/h2-7,9-10,16H,8H2,1H3,(H2,15,19). The molecule has 0 aliphatic carbocycles. The maximum absolute atomic E-state index is 12.3. The molecule has 3 N–H and O–H groups in total. The van der Waals surface area contributed by atoms with Crippen LogP contribution < -0.4 is 10.5 Å². The number of rotatable bonds is 6. The number of nitrogens with one attached hydrogen (secondary N) is 1. The van der Waals surface area contributed by atoms with Crippen LogP contribution in [-0.2, 0) is 16.4 Å². The second-order valence-electron chi connectivity index (χ2n) is 4.75. The van der Waals surface area contributed by atoms with Gasteiger partial charge in [-0.3, -0.25) is 0 Å². The number of sulfonamides is 1. The highest BCUT2D eigenvalue weighted by atomic mass is 32.2. The molecule has 1 atom stereocenters. The number of nitrogens with two attached hydrogens (primary N) is 1. The largest absolute Gasteiger partial charge is 0.389 e. The Balaban J connectivity index is 2.08. The first-order chi connectivity index (χ1) is 9.88. The van der Waals surface area contributed by atoms with Gasteiger partial charge in [-0.2, -0.15) is 11.3 Å². The normalized spacial score (nSPS) is 13.0. The summed E-state index contributed by atoms with van der Waals surface area (Å²) in [5.74, 6) is 0. The van der Waals surface area contributed by atoms with Crippen LogP contribution in [0.3, 0.4) is 0 Å². The van der Waals surface area contributed by atoms with Crippen molar-refractivity contribution >= 4 is 38.6 Å². The van der Waals surface area contributed by atoms with E-state index >= 15 is 0 Å². The molecule has 0 spiro atoms. The van der Waals surface area contributed by atoms with E-state index in [0.717, 1.165) is 5.56 Å². The summed E-state index contributed by atoms with van der Waals surface area (Å²) < 4.78 is 27.2. The number of benzene rings is 1. The van der Waals surface area contributed by atoms with E-state index in [1.54, 1.807) is 23.5 Å². The first-order valence-corrected chi connectivity index (χ1v) is 9.15. The minimum Gasteiger partial charge on any atom is -0.389 e. The van der Waals surface area contributed by atoms with Crippen molar-refractivity contribution in [2.75, 3.05) is 0 Å². The van der Waals surface area contributed by atoms with Gasteiger partial charge < -0.3 is 5.73 Å². The fourth-order valence-corrected chi connectivity index (χ4v) is 4.00. The highest BCUT2D eigenvalue weighted by molar-refractivity contribution is 7.89. The van der Waals surface area contributed by atoms with Crippen LogP contribution in [-0.4, -0.2) is 19.4 Å². The van der Waals surface area contributed by atoms with Gasteiger partial charge in [0.2, 0.25) is 10.0 Å². The van der Waals surface area contributed by atoms with Gasteiger partial charge in [-0.1, -0.05) is 24.4 Å². The molecule has 0 fully saturated rings. The Morgan fingerprint density at radius 1 is 1.33 bits per heavy atom. The van der Waals surface area contributed by atoms with Crippen molar-refractivity contribution in [3.63, 3.8) is 0 Å². The highest BCUT2D eigenvalue weighted by Crippen LogP contribution is 2.13. The van der Waals surface area contributed by atoms with Gasteiger partial charge in [0.05, 0.1) is 4.90 Å². The van der Waals surface area contributed by atoms with Crippen LogP contribution in [0.5, 0.6) is 0 Å². The Bertz CT molecular complexity index is 707. The molecule has 0 radical (unpaired) electrons. The van der Waals surface area contributed by atoms with Crippen molar-refractivity contribution in [2.45, 2.75) is 24.3 Å². The van der Waals surface area contributed by atoms with Gasteiger partial charge in [-0.15, -0.1) is 0 Å². The fraction of sp³-hybridized carbons (Fsp3) is 0.214. The van der Waals surface area contributed by atoms with Crippen LogP contribution in [0.1, 0.15) is 18.1 Å². The third-order valence-electron chi connectivity index (χ3n) is 2.93. The molecular weight excluding hydrogens is 324 g/mol. The molecule has 1 unspecified atom stereocenters. The minimum atomic E-state index is -3.54. The predicted octanol–water partition coefficient (Wildman–Crippen LogP) is 2.29. The van der Waals surface area contributed by atoms with Crippen molar-refractivity contribution in [1.29, 1.82) is 0 Å². The van der Waals surface area contributed by atoms with Crippen LogP contribution >= 0.6 is 23.6 Å². The molecule has 0 aliphatic rings. The molecule has 1 aromatic heterocycles. The second kappa shape index (κ2) is 6.65. The Hall–Kier alpha value is -1.28. The topological polar surface area (TPSA) is 72.2 Å². The summed E-state index contributed by atoms with van der Waals surface area (Å²) in [4.78, 5) is 0.456. The number of thiophene rings is 1. The zero-order chi connectivity index (χ0) is 15.5. The lowest BCUT2D eigenvalue weighted by molar-refractivity contribution is 0.560. The first kappa shape index (κ1) is 16.1. The van der Waals surface area contributed by atoms with E-state index in [-0.39, 0.29) is 15.9 Å². The van der Waals surface area contributed by atoms with Crippen LogP contribution in [0.15, 0.2) is 46.0 Å². The van der Waals surface area contributed by atoms with Crippen molar-refractivity contribution in [1.82, 2.24) is 4.72 Å². The predicted molar refractivity (Wildman–Crippen MR) is 90.1 cm³/mol. The van der Waals surface area contributed by atoms with Crippen molar-refractivity contribution in [2.24, 2.45) is 5.73 Å². The van der Waals surface area contributed by atoms with E-state index in [2.05, 4.69) is 4.72 Å². The summed E-state index contributed by atoms with van der Waals surface area (Å²) in [6.07, 6.45) is 0.660. The summed E-state index contributed by atoms with van der Waals surface area (Å²) >= 11 is 6.45. The van der Waals surface area contributed by atoms with E-state index in [4.69, 9.17) is 18.0 Å². The van der Waals surface area contributed by atoms with Crippen molar-refractivity contribution in [3.8, 4) is 0 Å². The summed E-state index contributed by atoms with van der Waals surface area (Å²) in [5, 5.41) is 3.99. The fourth-order valence-electron chi connectivity index (χ4n) is 1.94. The summed E-state index contributed by atoms with van der Waals surface area (Å²) in [6.45, 7) is 1.85. The molecule has 2 aromatic rings. The SMILES string of the molecule is CC(Cc1ccsc1)NS(=O)(=O)c1ccc(C(N)=S)cc1. The molecular formula is C14H16N2O2S3. The Labute approximate surface area is 134 Å². The van der Waals surface area contributed by atoms with Crippen LogP contribution in [0.4, 0.5) is 0 Å². The smallest absolute Gasteiger partial charge is 0.240 e. The van der Waals surface area contributed by atoms with Crippen molar-refractivity contribution in [3.05, 3.63) is 52.2 Å². The summed E-state index contributed by atoms with van der Waals surface area (Å²) in [7, 11) is -3.54. The molecule has 1 aromatic carbocycles. The molecule has 2 rings (SSSR count). The highest BCUT2D eigenvalue weighted by Gasteiger charge is 2.17. The summed E-state index contributed by atoms with van der Waals surface area (Å²) in [6, 6.07) is 8.05. The minimum absolute atomic E-state index is 0.181. The average molecular weight is 340 g/mol. The quantitative estimate of drug-likeness (QED) is 0.792. The third-order valence-corrected chi connectivity index (χ3v) is 5.50. The van der Waals surface area contributed by atoms with E-state index in [0.29, 0.717) is 12.0 Å². The van der Waals surface area contributed by atoms with E-state index < -0.39 is 10.0 Å². The molecule has 0 amide bonds. The Kier molecular flexibility index (Phi) is 5.10. The lowest BCUT2D eigenvalue weighted by Gasteiger charge is -2.14. The monoisotopic (exact) mass is 340 g/mol. The summed E-state index contributed by atoms with van der Waals surface area (Å²) in [5.41, 5.74) is 7.27. The lowest BCUT2D eigenvalue weighted by Crippen LogP contribution is -2.34. The molecule has 112 valence electrons. The molecule has 7 heteroatoms.